The maximum atomic E-state index is 9.28. The average Bonchev–Trinajstić information content (AvgIpc) is 2.96. The molecule has 0 spiro atoms. The maximum Gasteiger partial charge on any atom is 0.151 e. The minimum absolute atomic E-state index is 0.267. The number of rotatable bonds is 4. The number of hydrogen-bond donors (Lipinski definition) is 1. The third-order valence-corrected chi connectivity index (χ3v) is 4.19. The van der Waals surface area contributed by atoms with E-state index >= 15 is 0 Å². The number of hydrogen-bond acceptors (Lipinski definition) is 4. The van der Waals surface area contributed by atoms with Gasteiger partial charge in [-0.2, -0.15) is 0 Å². The van der Waals surface area contributed by atoms with Gasteiger partial charge in [0.2, 0.25) is 0 Å². The lowest BCUT2D eigenvalue weighted by atomic mass is 9.99. The van der Waals surface area contributed by atoms with Gasteiger partial charge >= 0.3 is 0 Å². The summed E-state index contributed by atoms with van der Waals surface area (Å²) in [5.74, 6) is 1.25. The summed E-state index contributed by atoms with van der Waals surface area (Å²) in [6.07, 6.45) is 2.24. The third kappa shape index (κ3) is 3.64. The third-order valence-electron chi connectivity index (χ3n) is 3.94. The first-order valence-electron chi connectivity index (χ1n) is 7.29. The number of aliphatic hydroxyl groups excluding tert-OH is 1. The Bertz CT molecular complexity index is 582. The smallest absolute Gasteiger partial charge is 0.151 e. The van der Waals surface area contributed by atoms with Gasteiger partial charge in [0, 0.05) is 29.8 Å². The molecule has 1 aromatic heterocycles. The van der Waals surface area contributed by atoms with Crippen LogP contribution in [0.1, 0.15) is 18.6 Å². The molecule has 0 aliphatic carbocycles. The van der Waals surface area contributed by atoms with E-state index in [9.17, 15) is 5.11 Å². The van der Waals surface area contributed by atoms with E-state index in [1.165, 1.54) is 0 Å². The van der Waals surface area contributed by atoms with Crippen LogP contribution in [-0.2, 0) is 6.54 Å². The monoisotopic (exact) mass is 306 g/mol. The van der Waals surface area contributed by atoms with Crippen molar-refractivity contribution in [1.82, 2.24) is 10.1 Å². The fourth-order valence-electron chi connectivity index (χ4n) is 2.81. The van der Waals surface area contributed by atoms with Gasteiger partial charge < -0.3 is 9.63 Å². The molecule has 1 saturated heterocycles. The normalized spacial score (nSPS) is 19.8. The topological polar surface area (TPSA) is 49.5 Å². The van der Waals surface area contributed by atoms with Crippen molar-refractivity contribution < 1.29 is 9.63 Å². The number of aliphatic hydroxyl groups is 1. The van der Waals surface area contributed by atoms with Crippen molar-refractivity contribution in [2.75, 3.05) is 19.7 Å². The van der Waals surface area contributed by atoms with Crippen LogP contribution in [0.3, 0.4) is 0 Å². The fraction of sp³-hybridized carbons (Fsp3) is 0.438. The van der Waals surface area contributed by atoms with Crippen LogP contribution in [0.25, 0.3) is 11.3 Å². The van der Waals surface area contributed by atoms with Gasteiger partial charge in [-0.15, -0.1) is 0 Å². The van der Waals surface area contributed by atoms with Gasteiger partial charge in [-0.1, -0.05) is 28.9 Å². The van der Waals surface area contributed by atoms with E-state index in [0.29, 0.717) is 10.9 Å². The molecule has 1 N–H and O–H groups in total. The van der Waals surface area contributed by atoms with Crippen molar-refractivity contribution in [1.29, 1.82) is 0 Å². The van der Waals surface area contributed by atoms with Crippen LogP contribution in [-0.4, -0.2) is 34.9 Å². The van der Waals surface area contributed by atoms with Crippen molar-refractivity contribution in [2.45, 2.75) is 19.4 Å². The number of piperidine rings is 1. The van der Waals surface area contributed by atoms with Crippen molar-refractivity contribution >= 4 is 11.6 Å². The molecule has 4 nitrogen and oxygen atoms in total. The zero-order chi connectivity index (χ0) is 14.7. The lowest BCUT2D eigenvalue weighted by molar-refractivity contribution is 0.108. The molecule has 1 atom stereocenters. The van der Waals surface area contributed by atoms with Crippen LogP contribution < -0.4 is 0 Å². The number of aromatic nitrogens is 1. The van der Waals surface area contributed by atoms with E-state index in [1.807, 2.05) is 30.3 Å². The Kier molecular flexibility index (Phi) is 4.58. The number of benzene rings is 1. The van der Waals surface area contributed by atoms with E-state index < -0.39 is 0 Å². The molecular weight excluding hydrogens is 288 g/mol. The van der Waals surface area contributed by atoms with Crippen molar-refractivity contribution in [2.24, 2.45) is 5.92 Å². The standard InChI is InChI=1S/C16H19ClN2O2/c17-14-5-3-13(4-6-14)16-8-15(21-18-16)10-19-7-1-2-12(9-19)11-20/h3-6,8,12,20H,1-2,7,9-11H2. The van der Waals surface area contributed by atoms with Gasteiger partial charge in [0.05, 0.1) is 6.54 Å². The highest BCUT2D eigenvalue weighted by Gasteiger charge is 2.20. The summed E-state index contributed by atoms with van der Waals surface area (Å²) in [5.41, 5.74) is 1.83. The average molecular weight is 307 g/mol. The minimum atomic E-state index is 0.267. The van der Waals surface area contributed by atoms with Gasteiger partial charge in [0.1, 0.15) is 5.69 Å². The van der Waals surface area contributed by atoms with Crippen LogP contribution in [0.5, 0.6) is 0 Å². The lowest BCUT2D eigenvalue weighted by Gasteiger charge is -2.30. The van der Waals surface area contributed by atoms with Crippen LogP contribution in [0.15, 0.2) is 34.9 Å². The molecule has 5 heteroatoms. The molecule has 112 valence electrons. The summed E-state index contributed by atoms with van der Waals surface area (Å²) < 4.78 is 5.43. The van der Waals surface area contributed by atoms with E-state index in [0.717, 1.165) is 49.5 Å². The molecule has 0 radical (unpaired) electrons. The number of likely N-dealkylation sites (tertiary alicyclic amines) is 1. The molecular formula is C16H19ClN2O2. The molecule has 1 aliphatic heterocycles. The maximum absolute atomic E-state index is 9.28. The summed E-state index contributed by atoms with van der Waals surface area (Å²) in [6.45, 7) is 2.99. The molecule has 1 aromatic carbocycles. The van der Waals surface area contributed by atoms with Crippen molar-refractivity contribution in [3.63, 3.8) is 0 Å². The second-order valence-corrected chi connectivity index (χ2v) is 6.05. The van der Waals surface area contributed by atoms with Gasteiger partial charge in [0.25, 0.3) is 0 Å². The Balaban J connectivity index is 1.66. The highest BCUT2D eigenvalue weighted by Crippen LogP contribution is 2.23. The van der Waals surface area contributed by atoms with E-state index in [2.05, 4.69) is 10.1 Å². The van der Waals surface area contributed by atoms with Crippen LogP contribution >= 0.6 is 11.6 Å². The van der Waals surface area contributed by atoms with Gasteiger partial charge in [-0.05, 0) is 37.4 Å². The quantitative estimate of drug-likeness (QED) is 0.942. The highest BCUT2D eigenvalue weighted by atomic mass is 35.5. The van der Waals surface area contributed by atoms with Crippen molar-refractivity contribution in [3.8, 4) is 11.3 Å². The number of nitrogens with zero attached hydrogens (tertiary/aromatic N) is 2. The molecule has 0 amide bonds. The first kappa shape index (κ1) is 14.6. The summed E-state index contributed by atoms with van der Waals surface area (Å²) in [6, 6.07) is 9.55. The van der Waals surface area contributed by atoms with Crippen LogP contribution in [0.4, 0.5) is 0 Å². The Labute approximate surface area is 129 Å². The molecule has 1 fully saturated rings. The van der Waals surface area contributed by atoms with Crippen LogP contribution in [0.2, 0.25) is 5.02 Å². The summed E-state index contributed by atoms with van der Waals surface area (Å²) in [4.78, 5) is 2.32. The second kappa shape index (κ2) is 6.60. The SMILES string of the molecule is OCC1CCCN(Cc2cc(-c3ccc(Cl)cc3)no2)C1. The molecule has 1 aliphatic rings. The first-order valence-corrected chi connectivity index (χ1v) is 7.67. The van der Waals surface area contributed by atoms with Gasteiger partial charge in [0.15, 0.2) is 5.76 Å². The lowest BCUT2D eigenvalue weighted by Crippen LogP contribution is -2.36. The zero-order valence-electron chi connectivity index (χ0n) is 11.8. The van der Waals surface area contributed by atoms with Crippen molar-refractivity contribution in [3.05, 3.63) is 41.1 Å². The van der Waals surface area contributed by atoms with E-state index in [4.69, 9.17) is 16.1 Å². The largest absolute Gasteiger partial charge is 0.396 e. The Hall–Kier alpha value is -1.36. The summed E-state index contributed by atoms with van der Waals surface area (Å²) in [5, 5.41) is 14.1. The predicted octanol–water partition coefficient (Wildman–Crippen LogP) is 3.20. The zero-order valence-corrected chi connectivity index (χ0v) is 12.6. The molecule has 0 bridgehead atoms. The molecule has 2 aromatic rings. The second-order valence-electron chi connectivity index (χ2n) is 5.61. The van der Waals surface area contributed by atoms with Gasteiger partial charge in [-0.3, -0.25) is 4.90 Å². The Morgan fingerprint density at radius 3 is 2.90 bits per heavy atom. The Morgan fingerprint density at radius 1 is 1.33 bits per heavy atom. The predicted molar refractivity (Wildman–Crippen MR) is 82.0 cm³/mol. The Morgan fingerprint density at radius 2 is 2.14 bits per heavy atom. The number of halogens is 1. The van der Waals surface area contributed by atoms with Crippen LogP contribution in [0, 0.1) is 5.92 Å². The molecule has 1 unspecified atom stereocenters. The summed E-state index contributed by atoms with van der Waals surface area (Å²) in [7, 11) is 0. The molecule has 2 heterocycles. The molecule has 3 rings (SSSR count). The minimum Gasteiger partial charge on any atom is -0.396 e. The fourth-order valence-corrected chi connectivity index (χ4v) is 2.93. The summed E-state index contributed by atoms with van der Waals surface area (Å²) >= 11 is 5.89. The van der Waals surface area contributed by atoms with E-state index in [-0.39, 0.29) is 6.61 Å². The van der Waals surface area contributed by atoms with E-state index in [1.54, 1.807) is 0 Å². The highest BCUT2D eigenvalue weighted by molar-refractivity contribution is 6.30. The first-order chi connectivity index (χ1) is 10.2. The molecule has 21 heavy (non-hydrogen) atoms. The van der Waals surface area contributed by atoms with Gasteiger partial charge in [-0.25, -0.2) is 0 Å². The molecule has 0 saturated carbocycles.